The number of tetrazole rings is 1. The van der Waals surface area contributed by atoms with Crippen LogP contribution in [-0.2, 0) is 22.0 Å². The van der Waals surface area contributed by atoms with Gasteiger partial charge in [0, 0.05) is 17.4 Å². The van der Waals surface area contributed by atoms with Crippen molar-refractivity contribution >= 4 is 21.2 Å². The Kier molecular flexibility index (Phi) is 5.77. The lowest BCUT2D eigenvalue weighted by atomic mass is 10.2. The van der Waals surface area contributed by atoms with Gasteiger partial charge in [-0.3, -0.25) is 0 Å². The second-order valence-electron chi connectivity index (χ2n) is 6.55. The molecule has 0 spiro atoms. The van der Waals surface area contributed by atoms with Gasteiger partial charge in [-0.05, 0) is 29.0 Å². The minimum Gasteiger partial charge on any atom is -0.240 e. The van der Waals surface area contributed by atoms with E-state index in [1.165, 1.54) is 11.3 Å². The number of hydrogen-bond acceptors (Lipinski definition) is 7. The molecule has 4 rings (SSSR count). The predicted octanol–water partition coefficient (Wildman–Crippen LogP) is 3.33. The highest BCUT2D eigenvalue weighted by Gasteiger charge is 2.16. The molecule has 7 nitrogen and oxygen atoms in total. The van der Waals surface area contributed by atoms with Crippen LogP contribution in [-0.4, -0.2) is 39.4 Å². The normalized spacial score (nSPS) is 11.6. The van der Waals surface area contributed by atoms with Gasteiger partial charge in [0.2, 0.25) is 0 Å². The molecule has 0 N–H and O–H groups in total. The lowest BCUT2D eigenvalue weighted by molar-refractivity contribution is 0.591. The van der Waals surface area contributed by atoms with E-state index < -0.39 is 9.84 Å². The molecular weight excluding hydrogens is 406 g/mol. The number of nitrogens with zero attached hydrogens (tertiary/aromatic N) is 5. The molecule has 0 aliphatic rings. The third-order valence-electron chi connectivity index (χ3n) is 4.33. The van der Waals surface area contributed by atoms with E-state index in [-0.39, 0.29) is 11.5 Å². The van der Waals surface area contributed by atoms with Crippen LogP contribution in [0.5, 0.6) is 0 Å². The van der Waals surface area contributed by atoms with E-state index in [9.17, 15) is 8.42 Å². The van der Waals surface area contributed by atoms with Gasteiger partial charge in [0.1, 0.15) is 5.01 Å². The monoisotopic (exact) mass is 425 g/mol. The Bertz CT molecular complexity index is 1170. The van der Waals surface area contributed by atoms with Crippen LogP contribution >= 0.6 is 11.3 Å². The average Bonchev–Trinajstić information content (AvgIpc) is 3.38. The number of aryl methyl sites for hydroxylation is 1. The van der Waals surface area contributed by atoms with E-state index in [1.54, 1.807) is 4.68 Å². The van der Waals surface area contributed by atoms with Gasteiger partial charge in [-0.2, -0.15) is 4.68 Å². The summed E-state index contributed by atoms with van der Waals surface area (Å²) < 4.78 is 26.7. The van der Waals surface area contributed by atoms with Crippen LogP contribution in [0.25, 0.3) is 16.3 Å². The van der Waals surface area contributed by atoms with E-state index in [2.05, 4.69) is 20.5 Å². The van der Waals surface area contributed by atoms with Crippen molar-refractivity contribution in [2.24, 2.45) is 0 Å². The van der Waals surface area contributed by atoms with Crippen molar-refractivity contribution < 1.29 is 8.42 Å². The molecule has 0 aliphatic carbocycles. The molecule has 0 saturated heterocycles. The lowest BCUT2D eigenvalue weighted by Gasteiger charge is -2.05. The van der Waals surface area contributed by atoms with E-state index in [0.29, 0.717) is 24.4 Å². The molecule has 2 aromatic heterocycles. The number of sulfone groups is 1. The Morgan fingerprint density at radius 3 is 2.45 bits per heavy atom. The summed E-state index contributed by atoms with van der Waals surface area (Å²) in [5.41, 5.74) is 2.43. The lowest BCUT2D eigenvalue weighted by Crippen LogP contribution is -2.12. The molecule has 9 heteroatoms. The third-order valence-corrected chi connectivity index (χ3v) is 6.92. The van der Waals surface area contributed by atoms with Crippen molar-refractivity contribution in [3.63, 3.8) is 0 Å². The van der Waals surface area contributed by atoms with E-state index >= 15 is 0 Å². The Labute approximate surface area is 173 Å². The predicted molar refractivity (Wildman–Crippen MR) is 113 cm³/mol. The van der Waals surface area contributed by atoms with Gasteiger partial charge in [0.05, 0.1) is 22.9 Å². The second-order valence-corrected chi connectivity index (χ2v) is 9.59. The highest BCUT2D eigenvalue weighted by Crippen LogP contribution is 2.24. The third kappa shape index (κ3) is 4.93. The number of thiazole rings is 1. The molecule has 0 atom stereocenters. The van der Waals surface area contributed by atoms with Crippen LogP contribution in [0.4, 0.5) is 0 Å². The van der Waals surface area contributed by atoms with Crippen molar-refractivity contribution in [2.75, 3.05) is 5.75 Å². The molecule has 4 aromatic rings. The zero-order chi connectivity index (χ0) is 20.1. The Balaban J connectivity index is 1.36. The highest BCUT2D eigenvalue weighted by molar-refractivity contribution is 7.90. The van der Waals surface area contributed by atoms with Crippen molar-refractivity contribution in [1.82, 2.24) is 25.2 Å². The molecule has 29 heavy (non-hydrogen) atoms. The summed E-state index contributed by atoms with van der Waals surface area (Å²) in [6.45, 7) is 0. The number of para-hydroxylation sites is 1. The second kappa shape index (κ2) is 8.62. The van der Waals surface area contributed by atoms with Crippen molar-refractivity contribution in [1.29, 1.82) is 0 Å². The molecular formula is C20H19N5O2S2. The molecule has 0 radical (unpaired) electrons. The molecule has 0 unspecified atom stereocenters. The number of aromatic nitrogens is 5. The van der Waals surface area contributed by atoms with Gasteiger partial charge in [-0.25, -0.2) is 13.4 Å². The summed E-state index contributed by atoms with van der Waals surface area (Å²) >= 11 is 1.46. The molecule has 2 aromatic carbocycles. The SMILES string of the molecule is O=S(=O)(CCCc1nnnn1-c1ccccc1)Cc1csc(-c2ccccc2)n1. The largest absolute Gasteiger partial charge is 0.240 e. The molecule has 0 fully saturated rings. The molecule has 148 valence electrons. The van der Waals surface area contributed by atoms with Crippen LogP contribution in [0.3, 0.4) is 0 Å². The maximum atomic E-state index is 12.5. The maximum absolute atomic E-state index is 12.5. The summed E-state index contributed by atoms with van der Waals surface area (Å²) in [5.74, 6) is 0.652. The summed E-state index contributed by atoms with van der Waals surface area (Å²) in [6.07, 6.45) is 0.929. The van der Waals surface area contributed by atoms with Crippen molar-refractivity contribution in [2.45, 2.75) is 18.6 Å². The average molecular weight is 426 g/mol. The minimum atomic E-state index is -3.27. The van der Waals surface area contributed by atoms with Gasteiger partial charge >= 0.3 is 0 Å². The van der Waals surface area contributed by atoms with Gasteiger partial charge in [-0.1, -0.05) is 48.5 Å². The first-order chi connectivity index (χ1) is 14.1. The van der Waals surface area contributed by atoms with Crippen molar-refractivity contribution in [3.8, 4) is 16.3 Å². The zero-order valence-corrected chi connectivity index (χ0v) is 17.2. The zero-order valence-electron chi connectivity index (χ0n) is 15.5. The molecule has 2 heterocycles. The fourth-order valence-corrected chi connectivity index (χ4v) is 5.22. The highest BCUT2D eigenvalue weighted by atomic mass is 32.2. The number of benzene rings is 2. The first kappa shape index (κ1) is 19.4. The fraction of sp³-hybridized carbons (Fsp3) is 0.200. The fourth-order valence-electron chi connectivity index (χ4n) is 2.97. The smallest absolute Gasteiger partial charge is 0.156 e. The van der Waals surface area contributed by atoms with Crippen LogP contribution in [0.2, 0.25) is 0 Å². The van der Waals surface area contributed by atoms with Crippen LogP contribution in [0, 0.1) is 0 Å². The van der Waals surface area contributed by atoms with Crippen LogP contribution in [0.15, 0.2) is 66.0 Å². The first-order valence-corrected chi connectivity index (χ1v) is 11.8. The standard InChI is InChI=1S/C20H19N5O2S2/c26-29(27,15-17-14-28-20(21-17)16-8-3-1-4-9-16)13-7-12-19-22-23-24-25(19)18-10-5-2-6-11-18/h1-6,8-11,14H,7,12-13,15H2. The quantitative estimate of drug-likeness (QED) is 0.430. The van der Waals surface area contributed by atoms with E-state index in [1.807, 2.05) is 66.0 Å². The maximum Gasteiger partial charge on any atom is 0.156 e. The summed E-state index contributed by atoms with van der Waals surface area (Å²) in [6, 6.07) is 19.3. The Morgan fingerprint density at radius 1 is 0.966 bits per heavy atom. The van der Waals surface area contributed by atoms with Crippen molar-refractivity contribution in [3.05, 3.63) is 77.6 Å². The van der Waals surface area contributed by atoms with Gasteiger partial charge < -0.3 is 0 Å². The molecule has 0 amide bonds. The summed E-state index contributed by atoms with van der Waals surface area (Å²) in [4.78, 5) is 4.48. The summed E-state index contributed by atoms with van der Waals surface area (Å²) in [5, 5.41) is 14.4. The molecule has 0 aliphatic heterocycles. The number of rotatable bonds is 8. The van der Waals surface area contributed by atoms with Gasteiger partial charge in [0.15, 0.2) is 15.7 Å². The van der Waals surface area contributed by atoms with Crippen LogP contribution < -0.4 is 0 Å². The molecule has 0 bridgehead atoms. The summed E-state index contributed by atoms with van der Waals surface area (Å²) in [7, 11) is -3.27. The topological polar surface area (TPSA) is 90.6 Å². The molecule has 0 saturated carbocycles. The number of hydrogen-bond donors (Lipinski definition) is 0. The van der Waals surface area contributed by atoms with Gasteiger partial charge in [0.25, 0.3) is 0 Å². The Hall–Kier alpha value is -2.91. The minimum absolute atomic E-state index is 0.0556. The van der Waals surface area contributed by atoms with E-state index in [0.717, 1.165) is 16.3 Å². The van der Waals surface area contributed by atoms with Crippen LogP contribution in [0.1, 0.15) is 17.9 Å². The van der Waals surface area contributed by atoms with Gasteiger partial charge in [-0.15, -0.1) is 16.4 Å². The Morgan fingerprint density at radius 2 is 1.69 bits per heavy atom. The first-order valence-electron chi connectivity index (χ1n) is 9.14. The van der Waals surface area contributed by atoms with E-state index in [4.69, 9.17) is 0 Å².